The van der Waals surface area contributed by atoms with E-state index in [9.17, 15) is 13.6 Å². The number of benzene rings is 1. The first-order valence-electron chi connectivity index (χ1n) is 4.50. The van der Waals surface area contributed by atoms with E-state index in [4.69, 9.17) is 12.9 Å². The van der Waals surface area contributed by atoms with Crippen LogP contribution in [-0.4, -0.2) is 40.5 Å². The maximum absolute atomic E-state index is 11.3. The summed E-state index contributed by atoms with van der Waals surface area (Å²) < 4.78 is 33.9. The molecular formula is C9H12AsNO6. The van der Waals surface area contributed by atoms with Crippen molar-refractivity contribution in [2.24, 2.45) is 0 Å². The number of anilines is 1. The predicted octanol–water partition coefficient (Wildman–Crippen LogP) is -1.08. The SMILES string of the molecule is COc1c(O)cc(NC(C)=O)cc1[As](=O)(O)O. The molecule has 0 aliphatic heterocycles. The van der Waals surface area contributed by atoms with Gasteiger partial charge in [0.1, 0.15) is 0 Å². The fourth-order valence-corrected chi connectivity index (χ4v) is 2.93. The van der Waals surface area contributed by atoms with Gasteiger partial charge in [0.25, 0.3) is 0 Å². The summed E-state index contributed by atoms with van der Waals surface area (Å²) in [7, 11) is 1.18. The van der Waals surface area contributed by atoms with E-state index < -0.39 is 30.2 Å². The van der Waals surface area contributed by atoms with Gasteiger partial charge in [0.2, 0.25) is 0 Å². The molecule has 0 fully saturated rings. The number of nitrogens with one attached hydrogen (secondary N) is 1. The summed E-state index contributed by atoms with van der Waals surface area (Å²) in [5.74, 6) is -1.15. The van der Waals surface area contributed by atoms with E-state index in [1.54, 1.807) is 0 Å². The van der Waals surface area contributed by atoms with Crippen LogP contribution >= 0.6 is 0 Å². The molecule has 1 aromatic rings. The third-order valence-electron chi connectivity index (χ3n) is 1.89. The van der Waals surface area contributed by atoms with Crippen molar-refractivity contribution in [1.29, 1.82) is 0 Å². The summed E-state index contributed by atoms with van der Waals surface area (Å²) >= 11 is -5.25. The zero-order valence-electron chi connectivity index (χ0n) is 9.17. The van der Waals surface area contributed by atoms with Crippen molar-refractivity contribution in [1.82, 2.24) is 0 Å². The minimum absolute atomic E-state index is 0.0931. The van der Waals surface area contributed by atoms with E-state index in [0.29, 0.717) is 0 Å². The zero-order valence-corrected chi connectivity index (χ0v) is 11.0. The van der Waals surface area contributed by atoms with Gasteiger partial charge in [0.05, 0.1) is 0 Å². The van der Waals surface area contributed by atoms with E-state index >= 15 is 0 Å². The molecule has 1 aromatic carbocycles. The number of phenols is 1. The second-order valence-corrected chi connectivity index (χ2v) is 6.57. The molecule has 0 aromatic heterocycles. The number of hydrogen-bond acceptors (Lipinski definition) is 4. The molecule has 0 aliphatic carbocycles. The average molecular weight is 305 g/mol. The molecule has 0 radical (unpaired) electrons. The van der Waals surface area contributed by atoms with Crippen LogP contribution in [0.15, 0.2) is 12.1 Å². The Morgan fingerprint density at radius 2 is 2.00 bits per heavy atom. The minimum atomic E-state index is -5.25. The molecule has 4 N–H and O–H groups in total. The topological polar surface area (TPSA) is 116 Å². The number of carbonyl (C=O) groups is 1. The number of phenolic OH excluding ortho intramolecular Hbond substituents is 1. The standard InChI is InChI=1S/C9H12AsNO6/c1-5(12)11-6-3-7(10(14,15)16)9(17-2)8(13)4-6/h3-4,13H,1-2H3,(H,11,12)(H2,14,15,16). The van der Waals surface area contributed by atoms with Crippen molar-refractivity contribution < 1.29 is 26.6 Å². The Balaban J connectivity index is 3.39. The van der Waals surface area contributed by atoms with Crippen molar-refractivity contribution in [3.05, 3.63) is 12.1 Å². The van der Waals surface area contributed by atoms with Crippen LogP contribution in [0.2, 0.25) is 0 Å². The molecule has 7 nitrogen and oxygen atoms in total. The average Bonchev–Trinajstić information content (AvgIpc) is 2.14. The Bertz CT molecular complexity index is 495. The van der Waals surface area contributed by atoms with Crippen molar-refractivity contribution in [3.8, 4) is 11.5 Å². The van der Waals surface area contributed by atoms with E-state index in [2.05, 4.69) is 5.32 Å². The Morgan fingerprint density at radius 3 is 2.41 bits per heavy atom. The van der Waals surface area contributed by atoms with Crippen LogP contribution in [0, 0.1) is 0 Å². The summed E-state index contributed by atoms with van der Waals surface area (Å²) in [6.45, 7) is 1.24. The van der Waals surface area contributed by atoms with E-state index in [1.807, 2.05) is 0 Å². The third kappa shape index (κ3) is 3.26. The Kier molecular flexibility index (Phi) is 3.87. The van der Waals surface area contributed by atoms with Gasteiger partial charge in [-0.15, -0.1) is 0 Å². The third-order valence-corrected chi connectivity index (χ3v) is 3.90. The van der Waals surface area contributed by atoms with Gasteiger partial charge >= 0.3 is 99.7 Å². The molecular weight excluding hydrogens is 293 g/mol. The maximum atomic E-state index is 11.3. The van der Waals surface area contributed by atoms with Crippen LogP contribution in [0.25, 0.3) is 0 Å². The van der Waals surface area contributed by atoms with Crippen molar-refractivity contribution in [2.75, 3.05) is 12.4 Å². The van der Waals surface area contributed by atoms with Gasteiger partial charge in [-0.1, -0.05) is 0 Å². The van der Waals surface area contributed by atoms with Gasteiger partial charge in [-0.3, -0.25) is 0 Å². The first kappa shape index (κ1) is 13.6. The summed E-state index contributed by atoms with van der Waals surface area (Å²) in [5.41, 5.74) is 0.0931. The van der Waals surface area contributed by atoms with Gasteiger partial charge in [-0.2, -0.15) is 0 Å². The molecule has 17 heavy (non-hydrogen) atoms. The quantitative estimate of drug-likeness (QED) is 0.528. The molecule has 0 bridgehead atoms. The molecule has 94 valence electrons. The molecule has 8 heteroatoms. The van der Waals surface area contributed by atoms with Gasteiger partial charge in [-0.25, -0.2) is 0 Å². The molecule has 1 rings (SSSR count). The Morgan fingerprint density at radius 1 is 1.41 bits per heavy atom. The summed E-state index contributed by atoms with van der Waals surface area (Å²) in [5, 5.41) is 11.9. The van der Waals surface area contributed by atoms with Gasteiger partial charge in [-0.05, 0) is 0 Å². The number of aromatic hydroxyl groups is 1. The van der Waals surface area contributed by atoms with Crippen LogP contribution in [0.5, 0.6) is 11.5 Å². The van der Waals surface area contributed by atoms with Crippen molar-refractivity contribution in [2.45, 2.75) is 6.92 Å². The van der Waals surface area contributed by atoms with Crippen LogP contribution < -0.4 is 14.4 Å². The summed E-state index contributed by atoms with van der Waals surface area (Å²) in [4.78, 5) is 10.8. The number of methoxy groups -OCH3 is 1. The van der Waals surface area contributed by atoms with Crippen LogP contribution in [0.4, 0.5) is 5.69 Å². The van der Waals surface area contributed by atoms with Crippen LogP contribution in [0.3, 0.4) is 0 Å². The molecule has 0 atom stereocenters. The predicted molar refractivity (Wildman–Crippen MR) is 59.5 cm³/mol. The van der Waals surface area contributed by atoms with Crippen LogP contribution in [-0.2, 0) is 8.53 Å². The molecule has 1 amide bonds. The summed E-state index contributed by atoms with van der Waals surface area (Å²) in [6, 6.07) is 2.23. The summed E-state index contributed by atoms with van der Waals surface area (Å²) in [6.07, 6.45) is 0. The number of amides is 1. The molecule has 0 saturated carbocycles. The van der Waals surface area contributed by atoms with E-state index in [1.165, 1.54) is 14.0 Å². The first-order valence-corrected chi connectivity index (χ1v) is 7.88. The fraction of sp³-hybridized carbons (Fsp3) is 0.222. The monoisotopic (exact) mass is 305 g/mol. The van der Waals surface area contributed by atoms with Gasteiger partial charge in [0, 0.05) is 0 Å². The zero-order chi connectivity index (χ0) is 13.2. The number of rotatable bonds is 3. The Hall–Kier alpha value is -1.43. The molecule has 0 aliphatic rings. The number of hydrogen-bond donors (Lipinski definition) is 4. The van der Waals surface area contributed by atoms with Gasteiger partial charge < -0.3 is 0 Å². The van der Waals surface area contributed by atoms with E-state index in [0.717, 1.165) is 12.1 Å². The van der Waals surface area contributed by atoms with Crippen molar-refractivity contribution >= 4 is 30.1 Å². The van der Waals surface area contributed by atoms with Gasteiger partial charge in [0.15, 0.2) is 0 Å². The van der Waals surface area contributed by atoms with E-state index in [-0.39, 0.29) is 11.4 Å². The second kappa shape index (κ2) is 4.83. The normalized spacial score (nSPS) is 11.1. The molecule has 0 unspecified atom stereocenters. The van der Waals surface area contributed by atoms with Crippen LogP contribution in [0.1, 0.15) is 6.92 Å². The molecule has 0 spiro atoms. The Labute approximate surface area is 100 Å². The molecule has 0 saturated heterocycles. The molecule has 0 heterocycles. The number of carbonyl (C=O) groups excluding carboxylic acids is 1. The number of ether oxygens (including phenoxy) is 1. The fourth-order valence-electron chi connectivity index (χ4n) is 1.30. The first-order chi connectivity index (χ1) is 7.75. The van der Waals surface area contributed by atoms with Crippen molar-refractivity contribution in [3.63, 3.8) is 0 Å². The second-order valence-electron chi connectivity index (χ2n) is 3.27.